The Morgan fingerprint density at radius 2 is 2.16 bits per heavy atom. The molecule has 1 aromatic heterocycles. The molecule has 1 heterocycles. The van der Waals surface area contributed by atoms with Crippen LogP contribution in [0.2, 0.25) is 0 Å². The lowest BCUT2D eigenvalue weighted by Crippen LogP contribution is -2.35. The molecule has 1 atom stereocenters. The number of carbonyl (C=O) groups excluding carboxylic acids is 1. The minimum atomic E-state index is -0.678. The Kier molecular flexibility index (Phi) is 5.22. The van der Waals surface area contributed by atoms with Crippen molar-refractivity contribution in [3.8, 4) is 0 Å². The maximum atomic E-state index is 11.7. The molecule has 0 radical (unpaired) electrons. The summed E-state index contributed by atoms with van der Waals surface area (Å²) < 4.78 is 5.10. The summed E-state index contributed by atoms with van der Waals surface area (Å²) in [4.78, 5) is 25.8. The molecule has 0 aliphatic rings. The largest absolute Gasteiger partial charge is 0.467 e. The zero-order valence-electron chi connectivity index (χ0n) is 10.7. The van der Waals surface area contributed by atoms with Crippen molar-refractivity contribution in [3.63, 3.8) is 0 Å². The number of nitro groups is 1. The number of rotatable bonds is 5. The minimum absolute atomic E-state index is 0.0906. The first-order valence-electron chi connectivity index (χ1n) is 5.50. The lowest BCUT2D eigenvalue weighted by atomic mass is 10.0. The Morgan fingerprint density at radius 1 is 1.53 bits per heavy atom. The van der Waals surface area contributed by atoms with Crippen LogP contribution >= 0.6 is 15.9 Å². The first kappa shape index (κ1) is 15.4. The highest BCUT2D eigenvalue weighted by Gasteiger charge is 2.27. The summed E-state index contributed by atoms with van der Waals surface area (Å²) in [5.74, 6) is -0.569. The van der Waals surface area contributed by atoms with Gasteiger partial charge in [-0.05, 0) is 21.8 Å². The predicted molar refractivity (Wildman–Crippen MR) is 72.9 cm³/mol. The molecule has 0 amide bonds. The number of carbonyl (C=O) groups is 1. The molecule has 0 saturated carbocycles. The smallest absolute Gasteiger partial charge is 0.328 e. The third kappa shape index (κ3) is 3.63. The average Bonchev–Trinajstić information content (AvgIpc) is 2.35. The van der Waals surface area contributed by atoms with E-state index < -0.39 is 16.9 Å². The molecular weight excluding hydrogens is 318 g/mol. The molecular formula is C11H14BrN3O4. The average molecular weight is 332 g/mol. The van der Waals surface area contributed by atoms with Gasteiger partial charge in [0.05, 0.1) is 16.5 Å². The van der Waals surface area contributed by atoms with Crippen LogP contribution < -0.4 is 5.32 Å². The topological polar surface area (TPSA) is 94.4 Å². The van der Waals surface area contributed by atoms with Crippen LogP contribution in [0, 0.1) is 16.0 Å². The maximum absolute atomic E-state index is 11.7. The number of halogens is 1. The predicted octanol–water partition coefficient (Wildman–Crippen LogP) is 2.36. The number of aromatic nitrogens is 1. The third-order valence-corrected chi connectivity index (χ3v) is 3.10. The van der Waals surface area contributed by atoms with Gasteiger partial charge in [0.25, 0.3) is 0 Å². The summed E-state index contributed by atoms with van der Waals surface area (Å²) in [5.41, 5.74) is 0.00743. The van der Waals surface area contributed by atoms with Crippen LogP contribution in [0.3, 0.4) is 0 Å². The van der Waals surface area contributed by atoms with Crippen LogP contribution in [0.15, 0.2) is 16.9 Å². The van der Waals surface area contributed by atoms with Gasteiger partial charge in [0, 0.05) is 6.20 Å². The van der Waals surface area contributed by atoms with Crippen molar-refractivity contribution in [1.82, 2.24) is 4.98 Å². The highest BCUT2D eigenvalue weighted by molar-refractivity contribution is 9.10. The first-order valence-corrected chi connectivity index (χ1v) is 6.30. The zero-order valence-corrected chi connectivity index (χ0v) is 12.3. The molecule has 104 valence electrons. The van der Waals surface area contributed by atoms with Crippen molar-refractivity contribution < 1.29 is 14.5 Å². The number of pyridine rings is 1. The highest BCUT2D eigenvalue weighted by atomic mass is 79.9. The van der Waals surface area contributed by atoms with Crippen molar-refractivity contribution in [1.29, 1.82) is 0 Å². The Hall–Kier alpha value is -1.70. The van der Waals surface area contributed by atoms with Gasteiger partial charge in [-0.1, -0.05) is 13.8 Å². The summed E-state index contributed by atoms with van der Waals surface area (Å²) in [6.07, 6.45) is 2.55. The van der Waals surface area contributed by atoms with Crippen LogP contribution in [-0.4, -0.2) is 29.0 Å². The van der Waals surface area contributed by atoms with Crippen LogP contribution in [-0.2, 0) is 9.53 Å². The SMILES string of the molecule is COC(=O)C(Nc1c(Br)cncc1[N+](=O)[O-])C(C)C. The number of esters is 1. The molecule has 0 saturated heterocycles. The molecule has 0 spiro atoms. The van der Waals surface area contributed by atoms with Gasteiger partial charge in [0.1, 0.15) is 17.9 Å². The van der Waals surface area contributed by atoms with Crippen molar-refractivity contribution in [3.05, 3.63) is 27.0 Å². The summed E-state index contributed by atoms with van der Waals surface area (Å²) in [7, 11) is 1.27. The van der Waals surface area contributed by atoms with Crippen LogP contribution in [0.1, 0.15) is 13.8 Å². The zero-order chi connectivity index (χ0) is 14.6. The van der Waals surface area contributed by atoms with Crippen LogP contribution in [0.25, 0.3) is 0 Å². The van der Waals surface area contributed by atoms with Gasteiger partial charge in [-0.2, -0.15) is 0 Å². The van der Waals surface area contributed by atoms with Crippen molar-refractivity contribution in [2.24, 2.45) is 5.92 Å². The number of hydrogen-bond donors (Lipinski definition) is 1. The van der Waals surface area contributed by atoms with E-state index in [1.807, 2.05) is 13.8 Å². The molecule has 8 heteroatoms. The second kappa shape index (κ2) is 6.46. The van der Waals surface area contributed by atoms with Gasteiger partial charge in [0.2, 0.25) is 0 Å². The normalized spacial score (nSPS) is 12.1. The van der Waals surface area contributed by atoms with Gasteiger partial charge in [-0.15, -0.1) is 0 Å². The molecule has 1 unspecified atom stereocenters. The number of nitrogens with one attached hydrogen (secondary N) is 1. The van der Waals surface area contributed by atoms with E-state index in [2.05, 4.69) is 31.0 Å². The Morgan fingerprint density at radius 3 is 2.63 bits per heavy atom. The highest BCUT2D eigenvalue weighted by Crippen LogP contribution is 2.32. The minimum Gasteiger partial charge on any atom is -0.467 e. The van der Waals surface area contributed by atoms with E-state index in [1.165, 1.54) is 13.3 Å². The Bertz CT molecular complexity index is 493. The Labute approximate surface area is 118 Å². The van der Waals surface area contributed by atoms with E-state index in [4.69, 9.17) is 0 Å². The fourth-order valence-corrected chi connectivity index (χ4v) is 1.92. The van der Waals surface area contributed by atoms with Crippen molar-refractivity contribution in [2.75, 3.05) is 12.4 Å². The van der Waals surface area contributed by atoms with Crippen molar-refractivity contribution in [2.45, 2.75) is 19.9 Å². The molecule has 1 rings (SSSR count). The maximum Gasteiger partial charge on any atom is 0.328 e. The molecule has 0 aliphatic heterocycles. The van der Waals surface area contributed by atoms with Gasteiger partial charge < -0.3 is 10.1 Å². The Balaban J connectivity index is 3.16. The lowest BCUT2D eigenvalue weighted by Gasteiger charge is -2.21. The number of hydrogen-bond acceptors (Lipinski definition) is 6. The van der Waals surface area contributed by atoms with Crippen LogP contribution in [0.4, 0.5) is 11.4 Å². The summed E-state index contributed by atoms with van der Waals surface area (Å²) >= 11 is 3.18. The van der Waals surface area contributed by atoms with Crippen LogP contribution in [0.5, 0.6) is 0 Å². The molecule has 0 aromatic carbocycles. The molecule has 19 heavy (non-hydrogen) atoms. The number of nitrogens with zero attached hydrogens (tertiary/aromatic N) is 2. The third-order valence-electron chi connectivity index (χ3n) is 2.50. The van der Waals surface area contributed by atoms with E-state index in [9.17, 15) is 14.9 Å². The summed E-state index contributed by atoms with van der Waals surface area (Å²) in [5, 5.41) is 13.8. The van der Waals surface area contributed by atoms with Crippen molar-refractivity contribution >= 4 is 33.3 Å². The molecule has 0 aliphatic carbocycles. The van der Waals surface area contributed by atoms with E-state index in [1.54, 1.807) is 0 Å². The fourth-order valence-electron chi connectivity index (χ4n) is 1.49. The first-order chi connectivity index (χ1) is 8.88. The van der Waals surface area contributed by atoms with E-state index in [0.717, 1.165) is 6.20 Å². The lowest BCUT2D eigenvalue weighted by molar-refractivity contribution is -0.384. The van der Waals surface area contributed by atoms with Gasteiger partial charge in [-0.25, -0.2) is 4.79 Å². The second-order valence-corrected chi connectivity index (χ2v) is 5.02. The number of methoxy groups -OCH3 is 1. The van der Waals surface area contributed by atoms with E-state index in [-0.39, 0.29) is 17.3 Å². The molecule has 0 bridgehead atoms. The standard InChI is InChI=1S/C11H14BrN3O4/c1-6(2)9(11(16)19-3)14-10-7(12)4-13-5-8(10)15(17)18/h4-6,9H,1-3H3,(H,13,14). The molecule has 1 aromatic rings. The molecule has 7 nitrogen and oxygen atoms in total. The monoisotopic (exact) mass is 331 g/mol. The number of anilines is 1. The fraction of sp³-hybridized carbons (Fsp3) is 0.455. The quantitative estimate of drug-likeness (QED) is 0.505. The van der Waals surface area contributed by atoms with E-state index in [0.29, 0.717) is 4.47 Å². The van der Waals surface area contributed by atoms with Gasteiger partial charge >= 0.3 is 11.7 Å². The molecule has 0 fully saturated rings. The van der Waals surface area contributed by atoms with Gasteiger partial charge in [-0.3, -0.25) is 15.1 Å². The second-order valence-electron chi connectivity index (χ2n) is 4.16. The van der Waals surface area contributed by atoms with Gasteiger partial charge in [0.15, 0.2) is 0 Å². The number of ether oxygens (including phenoxy) is 1. The van der Waals surface area contributed by atoms with E-state index >= 15 is 0 Å². The molecule has 1 N–H and O–H groups in total. The summed E-state index contributed by atoms with van der Waals surface area (Å²) in [6.45, 7) is 3.63. The summed E-state index contributed by atoms with van der Waals surface area (Å²) in [6, 6.07) is -0.678.